The molecule has 2 rings (SSSR count). The molecule has 2 aromatic carbocycles. The topological polar surface area (TPSA) is 38.3 Å². The molecule has 1 atom stereocenters. The summed E-state index contributed by atoms with van der Waals surface area (Å²) in [6.45, 7) is 10.4. The van der Waals surface area contributed by atoms with Crippen LogP contribution in [0.15, 0.2) is 36.4 Å². The number of carbonyl (C=O) groups is 1. The van der Waals surface area contributed by atoms with E-state index in [1.807, 2.05) is 44.2 Å². The molecule has 3 heteroatoms. The number of rotatable bonds is 6. The molecule has 134 valence electrons. The van der Waals surface area contributed by atoms with Crippen molar-refractivity contribution < 1.29 is 9.53 Å². The monoisotopic (exact) mass is 339 g/mol. The summed E-state index contributed by atoms with van der Waals surface area (Å²) in [7, 11) is 1.66. The van der Waals surface area contributed by atoms with Crippen LogP contribution in [0.3, 0.4) is 0 Å². The minimum absolute atomic E-state index is 0.0120. The highest BCUT2D eigenvalue weighted by atomic mass is 16.5. The van der Waals surface area contributed by atoms with Gasteiger partial charge < -0.3 is 10.1 Å². The molecule has 0 saturated heterocycles. The van der Waals surface area contributed by atoms with Gasteiger partial charge in [-0.3, -0.25) is 4.79 Å². The van der Waals surface area contributed by atoms with Crippen LogP contribution in [0.25, 0.3) is 0 Å². The lowest BCUT2D eigenvalue weighted by molar-refractivity contribution is 0.0931. The highest BCUT2D eigenvalue weighted by Gasteiger charge is 2.19. The zero-order valence-electron chi connectivity index (χ0n) is 16.1. The number of carbonyl (C=O) groups excluding carboxylic acids is 1. The molecule has 0 saturated carbocycles. The number of aryl methyl sites for hydroxylation is 3. The van der Waals surface area contributed by atoms with E-state index in [0.29, 0.717) is 5.92 Å². The lowest BCUT2D eigenvalue weighted by Gasteiger charge is -2.22. The summed E-state index contributed by atoms with van der Waals surface area (Å²) in [5.74, 6) is 1.29. The highest BCUT2D eigenvalue weighted by molar-refractivity contribution is 5.96. The number of nitrogens with one attached hydrogen (secondary N) is 1. The first-order valence-electron chi connectivity index (χ1n) is 8.84. The molecule has 0 aliphatic carbocycles. The van der Waals surface area contributed by atoms with Crippen molar-refractivity contribution in [1.29, 1.82) is 0 Å². The van der Waals surface area contributed by atoms with Crippen LogP contribution in [-0.4, -0.2) is 13.0 Å². The van der Waals surface area contributed by atoms with Crippen molar-refractivity contribution in [2.24, 2.45) is 5.92 Å². The number of amides is 1. The Kier molecular flexibility index (Phi) is 6.24. The van der Waals surface area contributed by atoms with E-state index in [9.17, 15) is 4.79 Å². The lowest BCUT2D eigenvalue weighted by Crippen LogP contribution is -2.30. The van der Waals surface area contributed by atoms with E-state index in [1.54, 1.807) is 7.11 Å². The molecule has 0 fully saturated rings. The van der Waals surface area contributed by atoms with Crippen molar-refractivity contribution in [1.82, 2.24) is 5.32 Å². The third-order valence-electron chi connectivity index (χ3n) is 4.62. The standard InChI is InChI=1S/C22H29NO2/c1-14(2)11-21(18-7-9-19(25-6)10-8-18)23-22(24)20-13-16(4)15(3)12-17(20)5/h7-10,12-14,21H,11H2,1-6H3,(H,23,24)/t21-/m0/s1. The van der Waals surface area contributed by atoms with Crippen molar-refractivity contribution in [3.8, 4) is 5.75 Å². The normalized spacial score (nSPS) is 12.1. The molecule has 0 bridgehead atoms. The molecule has 1 N–H and O–H groups in total. The molecular formula is C22H29NO2. The van der Waals surface area contributed by atoms with Gasteiger partial charge >= 0.3 is 0 Å². The van der Waals surface area contributed by atoms with Gasteiger partial charge in [0.05, 0.1) is 13.2 Å². The Bertz CT molecular complexity index is 732. The minimum atomic E-state index is -0.0144. The summed E-state index contributed by atoms with van der Waals surface area (Å²) in [5, 5.41) is 3.23. The maximum absolute atomic E-state index is 12.9. The van der Waals surface area contributed by atoms with Crippen LogP contribution in [0.2, 0.25) is 0 Å². The molecule has 1 amide bonds. The SMILES string of the molecule is COc1ccc([C@H](CC(C)C)NC(=O)c2cc(C)c(C)cc2C)cc1. The summed E-state index contributed by atoms with van der Waals surface area (Å²) in [4.78, 5) is 12.9. The fourth-order valence-corrected chi connectivity index (χ4v) is 3.03. The van der Waals surface area contributed by atoms with E-state index < -0.39 is 0 Å². The molecule has 0 aromatic heterocycles. The summed E-state index contributed by atoms with van der Waals surface area (Å²) in [6, 6.07) is 12.0. The van der Waals surface area contributed by atoms with Gasteiger partial charge in [-0.25, -0.2) is 0 Å². The Hall–Kier alpha value is -2.29. The van der Waals surface area contributed by atoms with Crippen LogP contribution in [0.1, 0.15) is 58.9 Å². The van der Waals surface area contributed by atoms with Gasteiger partial charge in [-0.2, -0.15) is 0 Å². The van der Waals surface area contributed by atoms with Gasteiger partial charge in [-0.05, 0) is 73.6 Å². The average molecular weight is 339 g/mol. The third kappa shape index (κ3) is 4.85. The molecule has 2 aromatic rings. The van der Waals surface area contributed by atoms with E-state index in [1.165, 1.54) is 5.56 Å². The van der Waals surface area contributed by atoms with Crippen molar-refractivity contribution in [3.05, 3.63) is 64.2 Å². The Morgan fingerprint density at radius 3 is 2.16 bits per heavy atom. The van der Waals surface area contributed by atoms with Crippen LogP contribution < -0.4 is 10.1 Å². The number of ether oxygens (including phenoxy) is 1. The van der Waals surface area contributed by atoms with Gasteiger partial charge in [0.15, 0.2) is 0 Å². The highest BCUT2D eigenvalue weighted by Crippen LogP contribution is 2.25. The van der Waals surface area contributed by atoms with Crippen molar-refractivity contribution >= 4 is 5.91 Å². The molecule has 25 heavy (non-hydrogen) atoms. The van der Waals surface area contributed by atoms with E-state index in [4.69, 9.17) is 4.74 Å². The largest absolute Gasteiger partial charge is 0.497 e. The van der Waals surface area contributed by atoms with Gasteiger partial charge in [-0.15, -0.1) is 0 Å². The van der Waals surface area contributed by atoms with Crippen LogP contribution in [0.4, 0.5) is 0 Å². The average Bonchev–Trinajstić information content (AvgIpc) is 2.57. The summed E-state index contributed by atoms with van der Waals surface area (Å²) < 4.78 is 5.23. The quantitative estimate of drug-likeness (QED) is 0.791. The predicted octanol–water partition coefficient (Wildman–Crippen LogP) is 5.14. The smallest absolute Gasteiger partial charge is 0.252 e. The van der Waals surface area contributed by atoms with Gasteiger partial charge in [0.2, 0.25) is 0 Å². The summed E-state index contributed by atoms with van der Waals surface area (Å²) in [6.07, 6.45) is 0.891. The third-order valence-corrected chi connectivity index (χ3v) is 4.62. The first-order valence-corrected chi connectivity index (χ1v) is 8.84. The van der Waals surface area contributed by atoms with Crippen LogP contribution in [0, 0.1) is 26.7 Å². The Labute approximate surface area is 151 Å². The first-order chi connectivity index (χ1) is 11.8. The van der Waals surface area contributed by atoms with Gasteiger partial charge in [0.25, 0.3) is 5.91 Å². The van der Waals surface area contributed by atoms with E-state index >= 15 is 0 Å². The second-order valence-corrected chi connectivity index (χ2v) is 7.18. The second kappa shape index (κ2) is 8.19. The number of methoxy groups -OCH3 is 1. The van der Waals surface area contributed by atoms with E-state index in [0.717, 1.165) is 34.4 Å². The number of hydrogen-bond acceptors (Lipinski definition) is 2. The van der Waals surface area contributed by atoms with Crippen LogP contribution in [-0.2, 0) is 0 Å². The molecule has 3 nitrogen and oxygen atoms in total. The minimum Gasteiger partial charge on any atom is -0.497 e. The zero-order valence-corrected chi connectivity index (χ0v) is 16.1. The lowest BCUT2D eigenvalue weighted by atomic mass is 9.95. The molecular weight excluding hydrogens is 310 g/mol. The van der Waals surface area contributed by atoms with Crippen LogP contribution >= 0.6 is 0 Å². The van der Waals surface area contributed by atoms with E-state index in [-0.39, 0.29) is 11.9 Å². The van der Waals surface area contributed by atoms with Crippen LogP contribution in [0.5, 0.6) is 5.75 Å². The number of benzene rings is 2. The molecule has 0 aliphatic heterocycles. The van der Waals surface area contributed by atoms with Crippen molar-refractivity contribution in [3.63, 3.8) is 0 Å². The van der Waals surface area contributed by atoms with Gasteiger partial charge in [0, 0.05) is 5.56 Å². The maximum atomic E-state index is 12.9. The molecule has 0 spiro atoms. The molecule has 0 aliphatic rings. The summed E-state index contributed by atoms with van der Waals surface area (Å²) in [5.41, 5.74) is 5.22. The molecule has 0 heterocycles. The first kappa shape index (κ1) is 19.0. The maximum Gasteiger partial charge on any atom is 0.252 e. The predicted molar refractivity (Wildman–Crippen MR) is 103 cm³/mol. The van der Waals surface area contributed by atoms with Gasteiger partial charge in [-0.1, -0.05) is 32.0 Å². The Morgan fingerprint density at radius 2 is 1.60 bits per heavy atom. The summed E-state index contributed by atoms with van der Waals surface area (Å²) >= 11 is 0. The fraction of sp³-hybridized carbons (Fsp3) is 0.409. The Morgan fingerprint density at radius 1 is 1.00 bits per heavy atom. The fourth-order valence-electron chi connectivity index (χ4n) is 3.03. The van der Waals surface area contributed by atoms with Gasteiger partial charge in [0.1, 0.15) is 5.75 Å². The van der Waals surface area contributed by atoms with Crippen molar-refractivity contribution in [2.45, 2.75) is 47.1 Å². The molecule has 0 radical (unpaired) electrons. The van der Waals surface area contributed by atoms with E-state index in [2.05, 4.69) is 32.2 Å². The second-order valence-electron chi connectivity index (χ2n) is 7.18. The van der Waals surface area contributed by atoms with Crippen molar-refractivity contribution in [2.75, 3.05) is 7.11 Å². The molecule has 0 unspecified atom stereocenters. The Balaban J connectivity index is 2.27. The number of hydrogen-bond donors (Lipinski definition) is 1. The zero-order chi connectivity index (χ0) is 18.6.